The number of carbonyl (C=O) groups is 1. The van der Waals surface area contributed by atoms with Gasteiger partial charge in [0.05, 0.1) is 26.7 Å². The van der Waals surface area contributed by atoms with E-state index in [1.165, 1.54) is 30.3 Å². The third-order valence-corrected chi connectivity index (χ3v) is 7.58. The molecule has 0 saturated heterocycles. The summed E-state index contributed by atoms with van der Waals surface area (Å²) < 4.78 is 28.0. The van der Waals surface area contributed by atoms with Crippen LogP contribution in [0.5, 0.6) is 0 Å². The van der Waals surface area contributed by atoms with Crippen molar-refractivity contribution in [2.75, 3.05) is 10.8 Å². The van der Waals surface area contributed by atoms with Gasteiger partial charge in [0.15, 0.2) is 0 Å². The molecule has 8 heteroatoms. The van der Waals surface area contributed by atoms with Crippen molar-refractivity contribution in [3.63, 3.8) is 0 Å². The van der Waals surface area contributed by atoms with Crippen LogP contribution in [-0.2, 0) is 14.8 Å². The summed E-state index contributed by atoms with van der Waals surface area (Å²) in [7, 11) is -4.03. The first-order valence-corrected chi connectivity index (χ1v) is 12.7. The number of amides is 1. The molecule has 5 nitrogen and oxygen atoms in total. The molecule has 0 aromatic heterocycles. The normalized spacial score (nSPS) is 12.4. The molecule has 0 unspecified atom stereocenters. The number of sulfonamides is 1. The van der Waals surface area contributed by atoms with Crippen molar-refractivity contribution in [3.8, 4) is 0 Å². The Morgan fingerprint density at radius 2 is 1.52 bits per heavy atom. The molecular weight excluding hydrogens is 479 g/mol. The molecule has 3 rings (SSSR count). The molecule has 174 valence electrons. The summed E-state index contributed by atoms with van der Waals surface area (Å²) in [6.45, 7) is 3.74. The molecule has 0 aliphatic rings. The standard InChI is InChI=1S/C25H26Cl2N2O3S/c1-18(2)15-24(19-9-5-3-6-10-19)28-25(30)17-29(20-13-14-22(26)23(27)16-20)33(31,32)21-11-7-4-8-12-21/h3-14,16,18,24H,15,17H2,1-2H3,(H,28,30)/t24-/m1/s1. The van der Waals surface area contributed by atoms with E-state index in [1.807, 2.05) is 30.3 Å². The van der Waals surface area contributed by atoms with Gasteiger partial charge < -0.3 is 5.32 Å². The Bertz CT molecular complexity index is 1190. The molecule has 0 fully saturated rings. The van der Waals surface area contributed by atoms with E-state index in [-0.39, 0.29) is 21.6 Å². The number of benzene rings is 3. The summed E-state index contributed by atoms with van der Waals surface area (Å²) in [5, 5.41) is 3.50. The van der Waals surface area contributed by atoms with E-state index < -0.39 is 22.5 Å². The Balaban J connectivity index is 1.94. The lowest BCUT2D eigenvalue weighted by Crippen LogP contribution is -2.42. The first kappa shape index (κ1) is 25.1. The topological polar surface area (TPSA) is 66.5 Å². The van der Waals surface area contributed by atoms with E-state index in [2.05, 4.69) is 19.2 Å². The van der Waals surface area contributed by atoms with Crippen LogP contribution in [0.3, 0.4) is 0 Å². The molecule has 3 aromatic carbocycles. The van der Waals surface area contributed by atoms with Crippen LogP contribution in [0.1, 0.15) is 31.9 Å². The first-order chi connectivity index (χ1) is 15.7. The molecule has 0 bridgehead atoms. The van der Waals surface area contributed by atoms with Gasteiger partial charge in [-0.3, -0.25) is 9.10 Å². The first-order valence-electron chi connectivity index (χ1n) is 10.6. The Morgan fingerprint density at radius 3 is 2.09 bits per heavy atom. The molecule has 1 amide bonds. The van der Waals surface area contributed by atoms with Crippen LogP contribution in [-0.4, -0.2) is 20.9 Å². The SMILES string of the molecule is CC(C)C[C@@H](NC(=O)CN(c1ccc(Cl)c(Cl)c1)S(=O)(=O)c1ccccc1)c1ccccc1. The minimum Gasteiger partial charge on any atom is -0.348 e. The second kappa shape index (κ2) is 11.1. The van der Waals surface area contributed by atoms with E-state index in [0.29, 0.717) is 17.4 Å². The predicted molar refractivity (Wildman–Crippen MR) is 134 cm³/mol. The van der Waals surface area contributed by atoms with Gasteiger partial charge in [0, 0.05) is 0 Å². The van der Waals surface area contributed by atoms with Crippen molar-refractivity contribution in [2.45, 2.75) is 31.2 Å². The van der Waals surface area contributed by atoms with E-state index in [0.717, 1.165) is 9.87 Å². The van der Waals surface area contributed by atoms with E-state index in [9.17, 15) is 13.2 Å². The molecule has 33 heavy (non-hydrogen) atoms. The molecule has 0 saturated carbocycles. The maximum atomic E-state index is 13.5. The van der Waals surface area contributed by atoms with Crippen LogP contribution < -0.4 is 9.62 Å². The number of nitrogens with zero attached hydrogens (tertiary/aromatic N) is 1. The van der Waals surface area contributed by atoms with Gasteiger partial charge in [0.2, 0.25) is 5.91 Å². The summed E-state index contributed by atoms with van der Waals surface area (Å²) in [5.74, 6) is -0.0928. The van der Waals surface area contributed by atoms with Crippen molar-refractivity contribution in [1.29, 1.82) is 0 Å². The van der Waals surface area contributed by atoms with Gasteiger partial charge in [-0.05, 0) is 48.2 Å². The van der Waals surface area contributed by atoms with Gasteiger partial charge in [-0.25, -0.2) is 8.42 Å². The predicted octanol–water partition coefficient (Wildman–Crippen LogP) is 6.09. The highest BCUT2D eigenvalue weighted by Crippen LogP contribution is 2.30. The van der Waals surface area contributed by atoms with Crippen molar-refractivity contribution in [1.82, 2.24) is 5.32 Å². The molecular formula is C25H26Cl2N2O3S. The van der Waals surface area contributed by atoms with Crippen LogP contribution in [0, 0.1) is 5.92 Å². The van der Waals surface area contributed by atoms with Crippen LogP contribution in [0.25, 0.3) is 0 Å². The Kier molecular flexibility index (Phi) is 8.40. The Labute approximate surface area is 205 Å². The summed E-state index contributed by atoms with van der Waals surface area (Å²) in [5.41, 5.74) is 1.22. The zero-order chi connectivity index (χ0) is 24.0. The van der Waals surface area contributed by atoms with Gasteiger partial charge in [-0.1, -0.05) is 85.6 Å². The molecule has 0 heterocycles. The lowest BCUT2D eigenvalue weighted by molar-refractivity contribution is -0.120. The van der Waals surface area contributed by atoms with Crippen molar-refractivity contribution in [3.05, 3.63) is 94.5 Å². The largest absolute Gasteiger partial charge is 0.348 e. The highest BCUT2D eigenvalue weighted by atomic mass is 35.5. The molecule has 0 aliphatic heterocycles. The number of carbonyl (C=O) groups excluding carboxylic acids is 1. The minimum atomic E-state index is -4.03. The molecule has 3 aromatic rings. The summed E-state index contributed by atoms with van der Waals surface area (Å²) in [4.78, 5) is 13.2. The molecule has 1 N–H and O–H groups in total. The highest BCUT2D eigenvalue weighted by Gasteiger charge is 2.28. The second-order valence-electron chi connectivity index (χ2n) is 8.08. The molecule has 0 radical (unpaired) electrons. The number of nitrogens with one attached hydrogen (secondary N) is 1. The quantitative estimate of drug-likeness (QED) is 0.383. The number of rotatable bonds is 9. The molecule has 0 spiro atoms. The number of halogens is 2. The minimum absolute atomic E-state index is 0.0747. The third kappa shape index (κ3) is 6.50. The third-order valence-electron chi connectivity index (χ3n) is 5.05. The van der Waals surface area contributed by atoms with Gasteiger partial charge in [0.1, 0.15) is 6.54 Å². The van der Waals surface area contributed by atoms with Crippen molar-refractivity contribution in [2.24, 2.45) is 5.92 Å². The van der Waals surface area contributed by atoms with E-state index in [4.69, 9.17) is 23.2 Å². The van der Waals surface area contributed by atoms with Crippen LogP contribution in [0.2, 0.25) is 10.0 Å². The maximum absolute atomic E-state index is 13.5. The number of hydrogen-bond donors (Lipinski definition) is 1. The molecule has 0 aliphatic carbocycles. The Hall–Kier alpha value is -2.54. The van der Waals surface area contributed by atoms with Crippen LogP contribution in [0.4, 0.5) is 5.69 Å². The number of anilines is 1. The second-order valence-corrected chi connectivity index (χ2v) is 10.8. The van der Waals surface area contributed by atoms with E-state index in [1.54, 1.807) is 18.2 Å². The fraction of sp³-hybridized carbons (Fsp3) is 0.240. The van der Waals surface area contributed by atoms with Gasteiger partial charge >= 0.3 is 0 Å². The lowest BCUT2D eigenvalue weighted by atomic mass is 9.97. The average Bonchev–Trinajstić information content (AvgIpc) is 2.80. The van der Waals surface area contributed by atoms with Crippen molar-refractivity contribution >= 4 is 44.8 Å². The van der Waals surface area contributed by atoms with Crippen molar-refractivity contribution < 1.29 is 13.2 Å². The van der Waals surface area contributed by atoms with Crippen LogP contribution >= 0.6 is 23.2 Å². The smallest absolute Gasteiger partial charge is 0.264 e. The summed E-state index contributed by atoms with van der Waals surface area (Å²) in [6, 6.07) is 21.9. The summed E-state index contributed by atoms with van der Waals surface area (Å²) >= 11 is 12.2. The zero-order valence-electron chi connectivity index (χ0n) is 18.4. The molecule has 1 atom stereocenters. The summed E-state index contributed by atoms with van der Waals surface area (Å²) in [6.07, 6.45) is 0.716. The number of hydrogen-bond acceptors (Lipinski definition) is 3. The van der Waals surface area contributed by atoms with Gasteiger partial charge in [-0.2, -0.15) is 0 Å². The lowest BCUT2D eigenvalue weighted by Gasteiger charge is -2.27. The average molecular weight is 505 g/mol. The fourth-order valence-corrected chi connectivity index (χ4v) is 5.21. The van der Waals surface area contributed by atoms with Gasteiger partial charge in [-0.15, -0.1) is 0 Å². The maximum Gasteiger partial charge on any atom is 0.264 e. The van der Waals surface area contributed by atoms with Crippen LogP contribution in [0.15, 0.2) is 83.8 Å². The Morgan fingerprint density at radius 1 is 0.909 bits per heavy atom. The fourth-order valence-electron chi connectivity index (χ4n) is 3.48. The monoisotopic (exact) mass is 504 g/mol. The zero-order valence-corrected chi connectivity index (χ0v) is 20.7. The highest BCUT2D eigenvalue weighted by molar-refractivity contribution is 7.92. The van der Waals surface area contributed by atoms with E-state index >= 15 is 0 Å². The van der Waals surface area contributed by atoms with Gasteiger partial charge in [0.25, 0.3) is 10.0 Å².